The van der Waals surface area contributed by atoms with Crippen molar-refractivity contribution in [3.05, 3.63) is 29.3 Å². The first-order valence-corrected chi connectivity index (χ1v) is 6.36. The first-order valence-electron chi connectivity index (χ1n) is 6.36. The maximum Gasteiger partial charge on any atom is 0.345 e. The van der Waals surface area contributed by atoms with Crippen LogP contribution in [0.25, 0.3) is 5.76 Å². The van der Waals surface area contributed by atoms with Crippen LogP contribution in [-0.4, -0.2) is 31.6 Å². The standard InChI is InChI=1S/C15H14O7/c1-8(16)13(15(18)19-3)14(22-9(2)17)10-4-5-11-12(6-10)21-7-20-11/h4-6H,7H2,1-3H3/b14-13-. The van der Waals surface area contributed by atoms with Gasteiger partial charge < -0.3 is 18.9 Å². The summed E-state index contributed by atoms with van der Waals surface area (Å²) in [6, 6.07) is 4.67. The summed E-state index contributed by atoms with van der Waals surface area (Å²) in [6.45, 7) is 2.42. The van der Waals surface area contributed by atoms with Crippen molar-refractivity contribution in [3.63, 3.8) is 0 Å². The third kappa shape index (κ3) is 3.08. The van der Waals surface area contributed by atoms with E-state index in [1.807, 2.05) is 0 Å². The quantitative estimate of drug-likeness (QED) is 0.273. The molecule has 0 bridgehead atoms. The van der Waals surface area contributed by atoms with Crippen molar-refractivity contribution < 1.29 is 33.3 Å². The SMILES string of the molecule is COC(=O)/C(C(C)=O)=C(\OC(C)=O)c1ccc2c(c1)OCO2. The fourth-order valence-corrected chi connectivity index (χ4v) is 1.93. The van der Waals surface area contributed by atoms with Gasteiger partial charge in [0.2, 0.25) is 6.79 Å². The van der Waals surface area contributed by atoms with Crippen molar-refractivity contribution in [2.45, 2.75) is 13.8 Å². The highest BCUT2D eigenvalue weighted by molar-refractivity contribution is 6.21. The van der Waals surface area contributed by atoms with Gasteiger partial charge in [-0.3, -0.25) is 9.59 Å². The number of rotatable bonds is 4. The molecule has 0 aromatic heterocycles. The van der Waals surface area contributed by atoms with Gasteiger partial charge in [0, 0.05) is 12.5 Å². The molecular weight excluding hydrogens is 292 g/mol. The van der Waals surface area contributed by atoms with Crippen molar-refractivity contribution in [2.24, 2.45) is 0 Å². The van der Waals surface area contributed by atoms with Crippen LogP contribution in [0.2, 0.25) is 0 Å². The molecule has 0 aliphatic carbocycles. The molecule has 22 heavy (non-hydrogen) atoms. The van der Waals surface area contributed by atoms with Gasteiger partial charge in [-0.15, -0.1) is 0 Å². The predicted octanol–water partition coefficient (Wildman–Crippen LogP) is 1.45. The molecule has 2 rings (SSSR count). The Balaban J connectivity index is 2.60. The number of Topliss-reactive ketones (excluding diaryl/α,β-unsaturated/α-hetero) is 1. The van der Waals surface area contributed by atoms with Crippen LogP contribution in [0.4, 0.5) is 0 Å². The number of ketones is 1. The Bertz CT molecular complexity index is 672. The molecule has 1 heterocycles. The van der Waals surface area contributed by atoms with Crippen LogP contribution in [0.15, 0.2) is 23.8 Å². The van der Waals surface area contributed by atoms with E-state index in [2.05, 4.69) is 4.74 Å². The molecule has 1 aliphatic rings. The summed E-state index contributed by atoms with van der Waals surface area (Å²) >= 11 is 0. The van der Waals surface area contributed by atoms with Gasteiger partial charge in [0.15, 0.2) is 23.0 Å². The maximum absolute atomic E-state index is 11.8. The Morgan fingerprint density at radius 2 is 1.77 bits per heavy atom. The summed E-state index contributed by atoms with van der Waals surface area (Å²) in [5.41, 5.74) is -0.0217. The van der Waals surface area contributed by atoms with Crippen molar-refractivity contribution in [2.75, 3.05) is 13.9 Å². The lowest BCUT2D eigenvalue weighted by Gasteiger charge is -2.12. The molecule has 1 aliphatic heterocycles. The second kappa shape index (κ2) is 6.30. The Kier molecular flexibility index (Phi) is 4.45. The number of esters is 2. The first kappa shape index (κ1) is 15.6. The number of ether oxygens (including phenoxy) is 4. The lowest BCUT2D eigenvalue weighted by Crippen LogP contribution is -2.16. The van der Waals surface area contributed by atoms with Crippen molar-refractivity contribution in [1.82, 2.24) is 0 Å². The minimum Gasteiger partial charge on any atom is -0.465 e. The Hall–Kier alpha value is -2.83. The van der Waals surface area contributed by atoms with Crippen LogP contribution in [-0.2, 0) is 23.9 Å². The van der Waals surface area contributed by atoms with Gasteiger partial charge in [0.05, 0.1) is 7.11 Å². The highest BCUT2D eigenvalue weighted by Gasteiger charge is 2.26. The summed E-state index contributed by atoms with van der Waals surface area (Å²) in [7, 11) is 1.14. The van der Waals surface area contributed by atoms with Gasteiger partial charge in [0.1, 0.15) is 5.57 Å². The molecule has 1 aromatic rings. The molecular formula is C15H14O7. The van der Waals surface area contributed by atoms with Crippen LogP contribution >= 0.6 is 0 Å². The fourth-order valence-electron chi connectivity index (χ4n) is 1.93. The fraction of sp³-hybridized carbons (Fsp3) is 0.267. The number of carbonyl (C=O) groups is 3. The zero-order valence-electron chi connectivity index (χ0n) is 12.3. The lowest BCUT2D eigenvalue weighted by molar-refractivity contribution is -0.137. The number of hydrogen-bond donors (Lipinski definition) is 0. The van der Waals surface area contributed by atoms with E-state index in [1.54, 1.807) is 12.1 Å². The predicted molar refractivity (Wildman–Crippen MR) is 73.9 cm³/mol. The third-order valence-corrected chi connectivity index (χ3v) is 2.85. The van der Waals surface area contributed by atoms with E-state index in [0.717, 1.165) is 7.11 Å². The molecule has 0 amide bonds. The van der Waals surface area contributed by atoms with Gasteiger partial charge in [0.25, 0.3) is 0 Å². The van der Waals surface area contributed by atoms with E-state index in [-0.39, 0.29) is 18.1 Å². The zero-order valence-corrected chi connectivity index (χ0v) is 12.3. The molecule has 1 aromatic carbocycles. The van der Waals surface area contributed by atoms with E-state index in [0.29, 0.717) is 17.1 Å². The van der Waals surface area contributed by atoms with Crippen molar-refractivity contribution in [3.8, 4) is 11.5 Å². The second-order valence-corrected chi connectivity index (χ2v) is 4.41. The average molecular weight is 306 g/mol. The molecule has 7 heteroatoms. The number of carbonyl (C=O) groups excluding carboxylic acids is 3. The summed E-state index contributed by atoms with van der Waals surface area (Å²) in [4.78, 5) is 34.9. The summed E-state index contributed by atoms with van der Waals surface area (Å²) in [5.74, 6) is -1.37. The molecule has 0 fully saturated rings. The van der Waals surface area contributed by atoms with Crippen LogP contribution in [0.5, 0.6) is 11.5 Å². The number of fused-ring (bicyclic) bond motifs is 1. The van der Waals surface area contributed by atoms with Gasteiger partial charge in [-0.2, -0.15) is 0 Å². The number of methoxy groups -OCH3 is 1. The minimum atomic E-state index is -0.888. The van der Waals surface area contributed by atoms with Gasteiger partial charge >= 0.3 is 11.9 Å². The maximum atomic E-state index is 11.8. The molecule has 0 saturated heterocycles. The minimum absolute atomic E-state index is 0.0714. The highest BCUT2D eigenvalue weighted by Crippen LogP contribution is 2.35. The zero-order chi connectivity index (χ0) is 16.3. The Labute approximate surface area is 126 Å². The summed E-state index contributed by atoms with van der Waals surface area (Å²) in [6.07, 6.45) is 0. The largest absolute Gasteiger partial charge is 0.465 e. The van der Waals surface area contributed by atoms with E-state index in [9.17, 15) is 14.4 Å². The summed E-state index contributed by atoms with van der Waals surface area (Å²) in [5, 5.41) is 0. The molecule has 0 N–H and O–H groups in total. The second-order valence-electron chi connectivity index (χ2n) is 4.41. The monoisotopic (exact) mass is 306 g/mol. The summed E-state index contributed by atoms with van der Waals surface area (Å²) < 4.78 is 20.1. The highest BCUT2D eigenvalue weighted by atomic mass is 16.7. The molecule has 0 radical (unpaired) electrons. The van der Waals surface area contributed by atoms with Crippen LogP contribution in [0.1, 0.15) is 19.4 Å². The Morgan fingerprint density at radius 3 is 2.36 bits per heavy atom. The van der Waals surface area contributed by atoms with Crippen molar-refractivity contribution >= 4 is 23.5 Å². The van der Waals surface area contributed by atoms with Gasteiger partial charge in [-0.05, 0) is 25.1 Å². The lowest BCUT2D eigenvalue weighted by atomic mass is 10.0. The number of hydrogen-bond acceptors (Lipinski definition) is 7. The van der Waals surface area contributed by atoms with Crippen LogP contribution in [0, 0.1) is 0 Å². The van der Waals surface area contributed by atoms with E-state index < -0.39 is 17.7 Å². The van der Waals surface area contributed by atoms with Crippen molar-refractivity contribution in [1.29, 1.82) is 0 Å². The Morgan fingerprint density at radius 1 is 1.09 bits per heavy atom. The van der Waals surface area contributed by atoms with E-state index >= 15 is 0 Å². The first-order chi connectivity index (χ1) is 10.4. The molecule has 116 valence electrons. The van der Waals surface area contributed by atoms with E-state index in [1.165, 1.54) is 19.9 Å². The normalized spacial score (nSPS) is 13.2. The number of benzene rings is 1. The molecule has 0 saturated carbocycles. The topological polar surface area (TPSA) is 88.1 Å². The third-order valence-electron chi connectivity index (χ3n) is 2.85. The molecule has 7 nitrogen and oxygen atoms in total. The van der Waals surface area contributed by atoms with Crippen LogP contribution in [0.3, 0.4) is 0 Å². The van der Waals surface area contributed by atoms with Gasteiger partial charge in [-0.1, -0.05) is 0 Å². The molecule has 0 atom stereocenters. The smallest absolute Gasteiger partial charge is 0.345 e. The van der Waals surface area contributed by atoms with Crippen LogP contribution < -0.4 is 9.47 Å². The van der Waals surface area contributed by atoms with E-state index in [4.69, 9.17) is 14.2 Å². The van der Waals surface area contributed by atoms with Gasteiger partial charge in [-0.25, -0.2) is 4.79 Å². The molecule has 0 spiro atoms. The average Bonchev–Trinajstić information content (AvgIpc) is 2.92. The molecule has 0 unspecified atom stereocenters.